The van der Waals surface area contributed by atoms with Gasteiger partial charge < -0.3 is 5.73 Å². The van der Waals surface area contributed by atoms with E-state index in [1.807, 2.05) is 0 Å². The van der Waals surface area contributed by atoms with Crippen molar-refractivity contribution in [2.75, 3.05) is 6.54 Å². The Morgan fingerprint density at radius 3 is 2.42 bits per heavy atom. The van der Waals surface area contributed by atoms with Crippen LogP contribution in [0.5, 0.6) is 0 Å². The van der Waals surface area contributed by atoms with Crippen molar-refractivity contribution < 1.29 is 0 Å². The van der Waals surface area contributed by atoms with E-state index in [0.29, 0.717) is 10.8 Å². The molecule has 70 valence electrons. The van der Waals surface area contributed by atoms with Crippen molar-refractivity contribution in [3.63, 3.8) is 0 Å². The van der Waals surface area contributed by atoms with E-state index < -0.39 is 0 Å². The normalized spacial score (nSPS) is 50.0. The summed E-state index contributed by atoms with van der Waals surface area (Å²) in [6, 6.07) is 0. The maximum atomic E-state index is 5.92. The Kier molecular flexibility index (Phi) is 1.61. The molecule has 0 aromatic carbocycles. The van der Waals surface area contributed by atoms with E-state index in [2.05, 4.69) is 20.8 Å². The molecule has 0 heterocycles. The fourth-order valence-corrected chi connectivity index (χ4v) is 3.69. The minimum Gasteiger partial charge on any atom is -0.330 e. The third-order valence-electron chi connectivity index (χ3n) is 5.14. The third kappa shape index (κ3) is 0.783. The Hall–Kier alpha value is -0.0400. The second-order valence-electron chi connectivity index (χ2n) is 5.55. The fourth-order valence-electron chi connectivity index (χ4n) is 3.69. The average Bonchev–Trinajstić information content (AvgIpc) is 2.53. The second kappa shape index (κ2) is 2.25. The first kappa shape index (κ1) is 8.55. The van der Waals surface area contributed by atoms with Gasteiger partial charge in [-0.3, -0.25) is 0 Å². The smallest absolute Gasteiger partial charge is 0.00177 e. The molecule has 2 rings (SSSR count). The van der Waals surface area contributed by atoms with Crippen molar-refractivity contribution >= 4 is 0 Å². The van der Waals surface area contributed by atoms with Crippen LogP contribution < -0.4 is 5.73 Å². The monoisotopic (exact) mass is 167 g/mol. The molecule has 2 saturated carbocycles. The molecule has 0 aromatic rings. The van der Waals surface area contributed by atoms with Gasteiger partial charge in [0.25, 0.3) is 0 Å². The topological polar surface area (TPSA) is 26.0 Å². The van der Waals surface area contributed by atoms with Gasteiger partial charge in [-0.15, -0.1) is 0 Å². The summed E-state index contributed by atoms with van der Waals surface area (Å²) in [7, 11) is 0. The highest BCUT2D eigenvalue weighted by Crippen LogP contribution is 2.65. The molecule has 2 aliphatic carbocycles. The lowest BCUT2D eigenvalue weighted by Gasteiger charge is -2.41. The van der Waals surface area contributed by atoms with E-state index in [9.17, 15) is 0 Å². The van der Waals surface area contributed by atoms with Crippen molar-refractivity contribution in [1.29, 1.82) is 0 Å². The summed E-state index contributed by atoms with van der Waals surface area (Å²) in [5, 5.41) is 0. The van der Waals surface area contributed by atoms with Gasteiger partial charge in [-0.25, -0.2) is 0 Å². The molecule has 0 saturated heterocycles. The maximum absolute atomic E-state index is 5.92. The van der Waals surface area contributed by atoms with Crippen LogP contribution in [-0.2, 0) is 0 Å². The van der Waals surface area contributed by atoms with Gasteiger partial charge in [0, 0.05) is 0 Å². The number of hydrogen-bond donors (Lipinski definition) is 1. The second-order valence-corrected chi connectivity index (χ2v) is 5.55. The Morgan fingerprint density at radius 1 is 1.42 bits per heavy atom. The van der Waals surface area contributed by atoms with Crippen molar-refractivity contribution in [2.24, 2.45) is 28.4 Å². The molecule has 0 spiro atoms. The average molecular weight is 167 g/mol. The summed E-state index contributed by atoms with van der Waals surface area (Å²) in [5.41, 5.74) is 6.99. The zero-order valence-corrected chi connectivity index (χ0v) is 8.56. The van der Waals surface area contributed by atoms with Gasteiger partial charge >= 0.3 is 0 Å². The number of hydrogen-bond acceptors (Lipinski definition) is 1. The highest BCUT2D eigenvalue weighted by atomic mass is 14.7. The first-order chi connectivity index (χ1) is 5.53. The van der Waals surface area contributed by atoms with Crippen LogP contribution in [0.15, 0.2) is 0 Å². The van der Waals surface area contributed by atoms with E-state index in [0.717, 1.165) is 18.4 Å². The first-order valence-corrected chi connectivity index (χ1v) is 5.23. The third-order valence-corrected chi connectivity index (χ3v) is 5.14. The van der Waals surface area contributed by atoms with Gasteiger partial charge in [0.15, 0.2) is 0 Å². The quantitative estimate of drug-likeness (QED) is 0.637. The summed E-state index contributed by atoms with van der Waals surface area (Å²) in [5.74, 6) is 1.78. The van der Waals surface area contributed by atoms with Crippen LogP contribution >= 0.6 is 0 Å². The van der Waals surface area contributed by atoms with Crippen LogP contribution in [0.2, 0.25) is 0 Å². The zero-order valence-electron chi connectivity index (χ0n) is 8.56. The Morgan fingerprint density at radius 2 is 2.08 bits per heavy atom. The Balaban J connectivity index is 2.32. The maximum Gasteiger partial charge on any atom is -0.00177 e. The van der Waals surface area contributed by atoms with Crippen LogP contribution in [-0.4, -0.2) is 6.54 Å². The lowest BCUT2D eigenvalue weighted by Crippen LogP contribution is -2.39. The molecule has 2 bridgehead atoms. The van der Waals surface area contributed by atoms with Crippen LogP contribution in [0.4, 0.5) is 0 Å². The molecular formula is C11H21N. The van der Waals surface area contributed by atoms with Gasteiger partial charge in [0.1, 0.15) is 0 Å². The number of rotatable bonds is 1. The minimum atomic E-state index is 0.522. The predicted octanol–water partition coefficient (Wildman–Crippen LogP) is 2.41. The summed E-state index contributed by atoms with van der Waals surface area (Å²) in [6.45, 7) is 8.18. The van der Waals surface area contributed by atoms with Gasteiger partial charge in [0.05, 0.1) is 0 Å². The van der Waals surface area contributed by atoms with Crippen LogP contribution in [0, 0.1) is 22.7 Å². The first-order valence-electron chi connectivity index (χ1n) is 5.23. The molecule has 2 N–H and O–H groups in total. The lowest BCUT2D eigenvalue weighted by molar-refractivity contribution is 0.0838. The molecule has 3 unspecified atom stereocenters. The van der Waals surface area contributed by atoms with E-state index in [1.54, 1.807) is 0 Å². The van der Waals surface area contributed by atoms with Crippen molar-refractivity contribution in [3.8, 4) is 0 Å². The molecular weight excluding hydrogens is 146 g/mol. The minimum absolute atomic E-state index is 0.522. The molecule has 1 heteroatoms. The highest BCUT2D eigenvalue weighted by molar-refractivity contribution is 5.08. The molecule has 0 aromatic heterocycles. The molecule has 3 atom stereocenters. The largest absolute Gasteiger partial charge is 0.330 e. The fraction of sp³-hybridized carbons (Fsp3) is 1.00. The van der Waals surface area contributed by atoms with Crippen molar-refractivity contribution in [1.82, 2.24) is 0 Å². The van der Waals surface area contributed by atoms with Gasteiger partial charge in [-0.1, -0.05) is 20.8 Å². The van der Waals surface area contributed by atoms with Crippen molar-refractivity contribution in [3.05, 3.63) is 0 Å². The molecule has 1 nitrogen and oxygen atoms in total. The van der Waals surface area contributed by atoms with Crippen LogP contribution in [0.3, 0.4) is 0 Å². The summed E-state index contributed by atoms with van der Waals surface area (Å²) in [6.07, 6.45) is 4.21. The van der Waals surface area contributed by atoms with Gasteiger partial charge in [-0.2, -0.15) is 0 Å². The standard InChI is InChI=1S/C11H21N/c1-8-10(2,3)9-4-5-11(8,6-9)7-12/h8-9H,4-7,12H2,1-3H3. The van der Waals surface area contributed by atoms with E-state index in [-0.39, 0.29) is 0 Å². The van der Waals surface area contributed by atoms with Gasteiger partial charge in [-0.05, 0) is 48.5 Å². The predicted molar refractivity (Wildman–Crippen MR) is 51.8 cm³/mol. The summed E-state index contributed by atoms with van der Waals surface area (Å²) in [4.78, 5) is 0. The number of fused-ring (bicyclic) bond motifs is 2. The van der Waals surface area contributed by atoms with E-state index in [4.69, 9.17) is 5.73 Å². The molecule has 2 fully saturated rings. The van der Waals surface area contributed by atoms with E-state index in [1.165, 1.54) is 19.3 Å². The van der Waals surface area contributed by atoms with Gasteiger partial charge in [0.2, 0.25) is 0 Å². The Bertz CT molecular complexity index is 197. The molecule has 0 amide bonds. The Labute approximate surface area is 75.7 Å². The molecule has 0 radical (unpaired) electrons. The van der Waals surface area contributed by atoms with Crippen LogP contribution in [0.1, 0.15) is 40.0 Å². The van der Waals surface area contributed by atoms with Crippen molar-refractivity contribution in [2.45, 2.75) is 40.0 Å². The summed E-state index contributed by atoms with van der Waals surface area (Å²) < 4.78 is 0. The highest BCUT2D eigenvalue weighted by Gasteiger charge is 2.58. The zero-order chi connectivity index (χ0) is 8.98. The molecule has 2 aliphatic rings. The molecule has 12 heavy (non-hydrogen) atoms. The lowest BCUT2D eigenvalue weighted by atomic mass is 9.64. The SMILES string of the molecule is CC1C2(CN)CCC(C2)C1(C)C. The van der Waals surface area contributed by atoms with E-state index >= 15 is 0 Å². The molecule has 0 aliphatic heterocycles. The summed E-state index contributed by atoms with van der Waals surface area (Å²) >= 11 is 0. The van der Waals surface area contributed by atoms with Crippen LogP contribution in [0.25, 0.3) is 0 Å². The number of nitrogens with two attached hydrogens (primary N) is 1.